The molecule has 0 unspecified atom stereocenters. The van der Waals surface area contributed by atoms with Crippen LogP contribution in [0.15, 0.2) is 30.3 Å². The Balaban J connectivity index is 3.10. The molecular formula is C16H24ClO5P. The van der Waals surface area contributed by atoms with Crippen LogP contribution >= 0.6 is 19.2 Å². The second-order valence-electron chi connectivity index (χ2n) is 5.62. The summed E-state index contributed by atoms with van der Waals surface area (Å²) in [6, 6.07) is 9.30. The number of esters is 1. The van der Waals surface area contributed by atoms with Gasteiger partial charge in [0.25, 0.3) is 0 Å². The zero-order valence-electron chi connectivity index (χ0n) is 13.9. The molecule has 23 heavy (non-hydrogen) atoms. The van der Waals surface area contributed by atoms with Crippen molar-refractivity contribution in [2.24, 2.45) is 0 Å². The minimum absolute atomic E-state index is 0.222. The Hall–Kier alpha value is -0.870. The maximum absolute atomic E-state index is 13.2. The second-order valence-corrected chi connectivity index (χ2v) is 7.96. The van der Waals surface area contributed by atoms with Gasteiger partial charge < -0.3 is 13.8 Å². The van der Waals surface area contributed by atoms with Crippen LogP contribution in [0.2, 0.25) is 0 Å². The number of halogens is 1. The predicted molar refractivity (Wildman–Crippen MR) is 90.8 cm³/mol. The minimum atomic E-state index is -3.68. The fourth-order valence-electron chi connectivity index (χ4n) is 1.97. The van der Waals surface area contributed by atoms with Crippen LogP contribution in [-0.2, 0) is 29.6 Å². The molecule has 0 N–H and O–H groups in total. The van der Waals surface area contributed by atoms with E-state index in [9.17, 15) is 9.36 Å². The lowest BCUT2D eigenvalue weighted by atomic mass is 10.2. The van der Waals surface area contributed by atoms with Crippen LogP contribution in [0.1, 0.15) is 33.3 Å². The van der Waals surface area contributed by atoms with E-state index in [0.29, 0.717) is 0 Å². The molecule has 1 aromatic rings. The summed E-state index contributed by atoms with van der Waals surface area (Å²) in [7, 11) is -3.68. The van der Waals surface area contributed by atoms with E-state index >= 15 is 0 Å². The molecule has 0 aliphatic carbocycles. The van der Waals surface area contributed by atoms with Crippen molar-refractivity contribution < 1.29 is 23.1 Å². The lowest BCUT2D eigenvalue weighted by Gasteiger charge is -2.29. The monoisotopic (exact) mass is 362 g/mol. The summed E-state index contributed by atoms with van der Waals surface area (Å²) >= 11 is 5.51. The first kappa shape index (κ1) is 20.2. The Morgan fingerprint density at radius 3 is 2.04 bits per heavy atom. The molecular weight excluding hydrogens is 339 g/mol. The van der Waals surface area contributed by atoms with Crippen molar-refractivity contribution in [1.82, 2.24) is 0 Å². The molecule has 0 bridgehead atoms. The average Bonchev–Trinajstić information content (AvgIpc) is 2.45. The van der Waals surface area contributed by atoms with Gasteiger partial charge in [-0.05, 0) is 33.3 Å². The van der Waals surface area contributed by atoms with Gasteiger partial charge in [-0.1, -0.05) is 30.3 Å². The first-order chi connectivity index (χ1) is 10.8. The number of alkyl halides is 1. The van der Waals surface area contributed by atoms with Gasteiger partial charge >= 0.3 is 13.6 Å². The van der Waals surface area contributed by atoms with Gasteiger partial charge in [0.15, 0.2) is 0 Å². The van der Waals surface area contributed by atoms with Gasteiger partial charge in [-0.25, -0.2) is 0 Å². The molecule has 0 radical (unpaired) electrons. The number of benzene rings is 1. The van der Waals surface area contributed by atoms with Gasteiger partial charge in [0.2, 0.25) is 5.85 Å². The fraction of sp³-hybridized carbons (Fsp3) is 0.562. The van der Waals surface area contributed by atoms with Crippen LogP contribution in [0, 0.1) is 0 Å². The molecule has 0 aliphatic rings. The lowest BCUT2D eigenvalue weighted by Crippen LogP contribution is -2.26. The molecule has 1 aromatic carbocycles. The lowest BCUT2D eigenvalue weighted by molar-refractivity contribution is -0.143. The molecule has 0 aromatic heterocycles. The van der Waals surface area contributed by atoms with Crippen molar-refractivity contribution in [2.45, 2.75) is 52.2 Å². The summed E-state index contributed by atoms with van der Waals surface area (Å²) in [5.41, 5.74) is 0.861. The zero-order chi connectivity index (χ0) is 17.5. The highest BCUT2D eigenvalue weighted by molar-refractivity contribution is 7.54. The van der Waals surface area contributed by atoms with Crippen molar-refractivity contribution in [1.29, 1.82) is 0 Å². The summed E-state index contributed by atoms with van der Waals surface area (Å²) in [4.78, 5) is 11.6. The third-order valence-electron chi connectivity index (χ3n) is 2.70. The van der Waals surface area contributed by atoms with Crippen molar-refractivity contribution >= 4 is 25.2 Å². The molecule has 5 nitrogen and oxygen atoms in total. The smallest absolute Gasteiger partial charge is 0.371 e. The summed E-state index contributed by atoms with van der Waals surface area (Å²) in [5.74, 6) is -2.03. The minimum Gasteiger partial charge on any atom is -0.448 e. The third-order valence-corrected chi connectivity index (χ3v) is 5.34. The Kier molecular flexibility index (Phi) is 8.27. The van der Waals surface area contributed by atoms with Crippen LogP contribution in [0.5, 0.6) is 0 Å². The van der Waals surface area contributed by atoms with Crippen LogP contribution in [0.3, 0.4) is 0 Å². The molecule has 0 aliphatic heterocycles. The zero-order valence-corrected chi connectivity index (χ0v) is 15.5. The average molecular weight is 363 g/mol. The van der Waals surface area contributed by atoms with E-state index in [4.69, 9.17) is 25.4 Å². The van der Waals surface area contributed by atoms with E-state index in [0.717, 1.165) is 5.56 Å². The number of carbonyl (C=O) groups is 1. The standard InChI is InChI=1S/C16H24ClO5P/c1-12(2)21-23(19,22-13(3)4)16(20-15(18)11-17)10-14-8-6-5-7-9-14/h5-9,12-13,16H,10-11H2,1-4H3/t16-/m1/s1. The van der Waals surface area contributed by atoms with Gasteiger partial charge in [0.1, 0.15) is 5.88 Å². The van der Waals surface area contributed by atoms with Crippen molar-refractivity contribution in [3.63, 3.8) is 0 Å². The van der Waals surface area contributed by atoms with Crippen molar-refractivity contribution in [2.75, 3.05) is 5.88 Å². The maximum atomic E-state index is 13.2. The van der Waals surface area contributed by atoms with Crippen LogP contribution in [0.25, 0.3) is 0 Å². The third kappa shape index (κ3) is 7.05. The summed E-state index contributed by atoms with van der Waals surface area (Å²) in [5, 5.41) is 0. The number of ether oxygens (including phenoxy) is 1. The quantitative estimate of drug-likeness (QED) is 0.370. The number of carbonyl (C=O) groups excluding carboxylic acids is 1. The van der Waals surface area contributed by atoms with E-state index in [1.54, 1.807) is 27.7 Å². The van der Waals surface area contributed by atoms with E-state index < -0.39 is 19.4 Å². The first-order valence-corrected chi connectivity index (χ1v) is 9.67. The van der Waals surface area contributed by atoms with Crippen LogP contribution in [0.4, 0.5) is 0 Å². The summed E-state index contributed by atoms with van der Waals surface area (Å²) < 4.78 is 29.6. The summed E-state index contributed by atoms with van der Waals surface area (Å²) in [6.45, 7) is 7.00. The Morgan fingerprint density at radius 1 is 1.09 bits per heavy atom. The van der Waals surface area contributed by atoms with E-state index in [1.807, 2.05) is 30.3 Å². The first-order valence-electron chi connectivity index (χ1n) is 7.52. The highest BCUT2D eigenvalue weighted by Crippen LogP contribution is 2.56. The molecule has 130 valence electrons. The normalized spacial score (nSPS) is 13.3. The van der Waals surface area contributed by atoms with Gasteiger partial charge in [0.05, 0.1) is 12.2 Å². The SMILES string of the molecule is CC(C)OP(=O)(OC(C)C)[C@H](Cc1ccccc1)OC(=O)CCl. The van der Waals surface area contributed by atoms with Crippen molar-refractivity contribution in [3.05, 3.63) is 35.9 Å². The molecule has 1 rings (SSSR count). The fourth-order valence-corrected chi connectivity index (χ4v) is 4.21. The van der Waals surface area contributed by atoms with Gasteiger partial charge in [-0.3, -0.25) is 9.36 Å². The molecule has 1 atom stereocenters. The topological polar surface area (TPSA) is 61.8 Å². The molecule has 0 fully saturated rings. The highest BCUT2D eigenvalue weighted by atomic mass is 35.5. The number of rotatable bonds is 9. The van der Waals surface area contributed by atoms with Crippen LogP contribution < -0.4 is 0 Å². The van der Waals surface area contributed by atoms with E-state index in [1.165, 1.54) is 0 Å². The Morgan fingerprint density at radius 2 is 1.61 bits per heavy atom. The molecule has 0 spiro atoms. The second kappa shape index (κ2) is 9.43. The number of hydrogen-bond acceptors (Lipinski definition) is 5. The highest BCUT2D eigenvalue weighted by Gasteiger charge is 2.41. The number of hydrogen-bond donors (Lipinski definition) is 0. The molecule has 7 heteroatoms. The van der Waals surface area contributed by atoms with Gasteiger partial charge in [0, 0.05) is 6.42 Å². The molecule has 0 saturated carbocycles. The maximum Gasteiger partial charge on any atom is 0.371 e. The van der Waals surface area contributed by atoms with E-state index in [2.05, 4.69) is 0 Å². The van der Waals surface area contributed by atoms with Gasteiger partial charge in [-0.15, -0.1) is 11.6 Å². The largest absolute Gasteiger partial charge is 0.448 e. The van der Waals surface area contributed by atoms with Gasteiger partial charge in [-0.2, -0.15) is 0 Å². The van der Waals surface area contributed by atoms with E-state index in [-0.39, 0.29) is 24.5 Å². The molecule has 0 heterocycles. The predicted octanol–water partition coefficient (Wildman–Crippen LogP) is 4.38. The summed E-state index contributed by atoms with van der Waals surface area (Å²) in [6.07, 6.45) is -0.458. The molecule has 0 saturated heterocycles. The van der Waals surface area contributed by atoms with Crippen LogP contribution in [-0.4, -0.2) is 29.9 Å². The molecule has 0 amide bonds. The Bertz CT molecular complexity index is 519. The Labute approximate surface area is 142 Å². The van der Waals surface area contributed by atoms with Crippen molar-refractivity contribution in [3.8, 4) is 0 Å².